The third-order valence-corrected chi connectivity index (χ3v) is 13.8. The van der Waals surface area contributed by atoms with Crippen LogP contribution in [0.3, 0.4) is 0 Å². The number of ether oxygens (including phenoxy) is 1. The van der Waals surface area contributed by atoms with Crippen LogP contribution in [0.1, 0.15) is 76.7 Å². The van der Waals surface area contributed by atoms with Crippen molar-refractivity contribution in [2.75, 3.05) is 13.2 Å². The fourth-order valence-electron chi connectivity index (χ4n) is 5.52. The molecule has 0 saturated heterocycles. The van der Waals surface area contributed by atoms with E-state index in [0.29, 0.717) is 22.6 Å². The number of para-hydroxylation sites is 4. The Kier molecular flexibility index (Phi) is 45.9. The second-order valence-corrected chi connectivity index (χ2v) is 19.2. The Bertz CT molecular complexity index is 1250. The Hall–Kier alpha value is -0.886. The summed E-state index contributed by atoms with van der Waals surface area (Å²) in [5.41, 5.74) is 7.13. The summed E-state index contributed by atoms with van der Waals surface area (Å²) in [6.45, 7) is 24.3. The summed E-state index contributed by atoms with van der Waals surface area (Å²) < 4.78 is 4.83. The minimum atomic E-state index is -0.599. The average Bonchev–Trinajstić information content (AvgIpc) is 3.05. The first-order valence-corrected chi connectivity index (χ1v) is 20.4. The molecule has 0 unspecified atom stereocenters. The molecule has 0 aliphatic rings. The van der Waals surface area contributed by atoms with Gasteiger partial charge in [0.1, 0.15) is 0 Å². The van der Waals surface area contributed by atoms with E-state index in [-0.39, 0.29) is 85.0 Å². The second kappa shape index (κ2) is 38.0. The fraction of sp³-hybridized carbons (Fsp3) is 0.395. The van der Waals surface area contributed by atoms with E-state index in [1.807, 2.05) is 50.2 Å². The van der Waals surface area contributed by atoms with Gasteiger partial charge in [-0.05, 0) is 64.2 Å². The van der Waals surface area contributed by atoms with Gasteiger partial charge in [-0.2, -0.15) is 0 Å². The van der Waals surface area contributed by atoms with E-state index >= 15 is 0 Å². The van der Waals surface area contributed by atoms with Crippen LogP contribution in [-0.4, -0.2) is 35.8 Å². The maximum Gasteiger partial charge on any atom is 1.00 e. The first-order chi connectivity index (χ1) is 22.6. The van der Waals surface area contributed by atoms with Gasteiger partial charge >= 0.3 is 37.7 Å². The van der Waals surface area contributed by atoms with Crippen molar-refractivity contribution in [1.29, 1.82) is 5.16 Å². The van der Waals surface area contributed by atoms with Crippen molar-refractivity contribution >= 4 is 58.2 Å². The summed E-state index contributed by atoms with van der Waals surface area (Å²) in [5.74, 6) is 0. The zero-order valence-electron chi connectivity index (χ0n) is 34.6. The molecule has 0 spiro atoms. The van der Waals surface area contributed by atoms with E-state index in [2.05, 4.69) is 137 Å². The van der Waals surface area contributed by atoms with Crippen LogP contribution in [0.5, 0.6) is 0 Å². The fourth-order valence-corrected chi connectivity index (χ4v) is 11.8. The zero-order chi connectivity index (χ0) is 35.2. The first-order valence-electron chi connectivity index (χ1n) is 16.8. The molecule has 0 atom stereocenters. The zero-order valence-corrected chi connectivity index (χ0v) is 38.3. The van der Waals surface area contributed by atoms with Crippen molar-refractivity contribution in [3.05, 3.63) is 135 Å². The van der Waals surface area contributed by atoms with Crippen LogP contribution in [0.25, 0.3) is 10.6 Å². The summed E-state index contributed by atoms with van der Waals surface area (Å²) in [7, 11) is 1.99. The van der Waals surface area contributed by atoms with Gasteiger partial charge in [0.15, 0.2) is 0 Å². The van der Waals surface area contributed by atoms with Gasteiger partial charge in [0, 0.05) is 38.2 Å². The molecular formula is C43H68CuLi2N3OP3-2. The largest absolute Gasteiger partial charge is 1.00 e. The molecule has 0 aliphatic heterocycles. The molecule has 0 aliphatic carbocycles. The van der Waals surface area contributed by atoms with Crippen LogP contribution in [0.4, 0.5) is 22.7 Å². The molecular weight excluding hydrogens is 745 g/mol. The Labute approximate surface area is 367 Å². The standard InChI is InChI=1S/2C18H23NP.C4H10O.CH4.2CH3.Cu.2Li.HNP/c2*1-14(2)20(15(3)4)18-13-9-8-12-17(18)19-16-10-6-5-7-11-16;1-3-5-4-2;;;;;;;1-2/h2*5-15H,1-4H3;3-4H2,1-2H3;1H4;2*1H3;;;;1H/q2*-1;;;2*-1;;2*+1;-1/p+1. The number of hydrogen-bond acceptors (Lipinski definition) is 2. The quantitative estimate of drug-likeness (QED) is 0.0866. The van der Waals surface area contributed by atoms with Crippen molar-refractivity contribution in [2.45, 2.75) is 99.3 Å². The summed E-state index contributed by atoms with van der Waals surface area (Å²) in [4.78, 5) is 0. The SMILES string of the molecule is C.CC(C)P(c1ccccc1[N-]c1ccccc1)C(C)C.CC(C)[PH+](c1ccccc1[N-]c1ccccc1)C(C)C.CCOCC.N=[P-].[CH3-].[CH3-].[Cu].[Li+].[Li+]. The molecule has 0 fully saturated rings. The number of rotatable bonds is 12. The van der Waals surface area contributed by atoms with Crippen LogP contribution in [0.15, 0.2) is 109 Å². The van der Waals surface area contributed by atoms with Crippen molar-refractivity contribution in [2.24, 2.45) is 0 Å². The van der Waals surface area contributed by atoms with Crippen molar-refractivity contribution in [3.8, 4) is 0 Å². The maximum absolute atomic E-state index is 5.44. The third-order valence-electron chi connectivity index (χ3n) is 7.15. The van der Waals surface area contributed by atoms with Gasteiger partial charge in [-0.25, -0.2) is 0 Å². The molecule has 4 aromatic rings. The molecule has 10 heteroatoms. The Morgan fingerprint density at radius 1 is 0.585 bits per heavy atom. The summed E-state index contributed by atoms with van der Waals surface area (Å²) in [6.07, 6.45) is 0. The molecule has 0 saturated carbocycles. The minimum Gasteiger partial charge on any atom is -0.657 e. The van der Waals surface area contributed by atoms with Crippen LogP contribution >= 0.6 is 24.9 Å². The topological polar surface area (TPSA) is 61.3 Å². The molecule has 0 aromatic heterocycles. The predicted molar refractivity (Wildman–Crippen MR) is 238 cm³/mol. The van der Waals surface area contributed by atoms with Gasteiger partial charge in [-0.3, -0.25) is 0 Å². The monoisotopic (exact) mass is 812 g/mol. The first kappa shape index (κ1) is 64.0. The van der Waals surface area contributed by atoms with Crippen LogP contribution in [0, 0.1) is 20.0 Å². The van der Waals surface area contributed by atoms with E-state index in [9.17, 15) is 0 Å². The van der Waals surface area contributed by atoms with Gasteiger partial charge < -0.3 is 44.4 Å². The Balaban J connectivity index is -0.000000162. The van der Waals surface area contributed by atoms with Crippen LogP contribution in [-0.2, 0) is 21.8 Å². The summed E-state index contributed by atoms with van der Waals surface area (Å²) in [5, 5.41) is 18.0. The minimum absolute atomic E-state index is 0. The maximum atomic E-state index is 5.44. The van der Waals surface area contributed by atoms with Crippen molar-refractivity contribution < 1.29 is 59.5 Å². The van der Waals surface area contributed by atoms with E-state index in [1.165, 1.54) is 10.6 Å². The van der Waals surface area contributed by atoms with Gasteiger partial charge in [0.25, 0.3) is 0 Å². The van der Waals surface area contributed by atoms with Gasteiger partial charge in [0.2, 0.25) is 0 Å². The third kappa shape index (κ3) is 24.4. The smallest absolute Gasteiger partial charge is 0.657 e. The molecule has 0 heterocycles. The summed E-state index contributed by atoms with van der Waals surface area (Å²) in [6, 6.07) is 37.7. The number of hydrogen-bond donors (Lipinski definition) is 1. The van der Waals surface area contributed by atoms with Crippen LogP contribution < -0.4 is 48.3 Å². The number of nitrogens with one attached hydrogen (secondary N) is 1. The number of benzene rings is 4. The molecule has 1 radical (unpaired) electrons. The average molecular weight is 813 g/mol. The molecule has 53 heavy (non-hydrogen) atoms. The molecule has 0 bridgehead atoms. The molecule has 1 N–H and O–H groups in total. The second-order valence-electron chi connectivity index (χ2n) is 12.0. The molecule has 4 aromatic carbocycles. The van der Waals surface area contributed by atoms with Crippen molar-refractivity contribution in [3.63, 3.8) is 0 Å². The molecule has 4 rings (SSSR count). The Morgan fingerprint density at radius 2 is 0.925 bits per heavy atom. The van der Waals surface area contributed by atoms with E-state index in [1.54, 1.807) is 0 Å². The van der Waals surface area contributed by atoms with E-state index in [4.69, 9.17) is 20.5 Å². The number of nitrogens with zero attached hydrogens (tertiary/aromatic N) is 2. The van der Waals surface area contributed by atoms with Crippen LogP contribution in [0.2, 0.25) is 0 Å². The van der Waals surface area contributed by atoms with Gasteiger partial charge in [-0.15, -0.1) is 17.1 Å². The molecule has 4 nitrogen and oxygen atoms in total. The van der Waals surface area contributed by atoms with Gasteiger partial charge in [0.05, 0.1) is 16.6 Å². The molecule has 0 amide bonds. The molecule has 291 valence electrons. The van der Waals surface area contributed by atoms with E-state index in [0.717, 1.165) is 36.0 Å². The van der Waals surface area contributed by atoms with Gasteiger partial charge in [-0.1, -0.05) is 152 Å². The van der Waals surface area contributed by atoms with E-state index < -0.39 is 7.92 Å². The Morgan fingerprint density at radius 3 is 1.28 bits per heavy atom. The summed E-state index contributed by atoms with van der Waals surface area (Å²) >= 11 is 0. The normalized spacial score (nSPS) is 9.43. The van der Waals surface area contributed by atoms with Crippen molar-refractivity contribution in [1.82, 2.24) is 0 Å². The predicted octanol–water partition coefficient (Wildman–Crippen LogP) is 9.37.